The molecule has 0 fully saturated rings. The standard InChI is InChI=1S/C19H26N2O2/c1-20(2)12-6-11-19(22)21(14-17-8-4-3-5-9-17)15-18-10-7-13-23-16-18/h3-6,8-11H,7,12-16H2,1-2H3/b11-6+. The molecule has 1 aliphatic heterocycles. The molecule has 1 aliphatic rings. The van der Waals surface area contributed by atoms with Crippen LogP contribution in [0, 0.1) is 0 Å². The molecule has 124 valence electrons. The summed E-state index contributed by atoms with van der Waals surface area (Å²) < 4.78 is 5.49. The number of amides is 1. The van der Waals surface area contributed by atoms with E-state index in [1.54, 1.807) is 6.08 Å². The van der Waals surface area contributed by atoms with Gasteiger partial charge in [0.1, 0.15) is 0 Å². The van der Waals surface area contributed by atoms with Gasteiger partial charge in [-0.05, 0) is 31.7 Å². The van der Waals surface area contributed by atoms with E-state index in [1.807, 2.05) is 48.2 Å². The monoisotopic (exact) mass is 314 g/mol. The second-order valence-electron chi connectivity index (χ2n) is 6.05. The Bertz CT molecular complexity index is 550. The Hall–Kier alpha value is -1.91. The number of likely N-dealkylation sites (N-methyl/N-ethyl adjacent to an activating group) is 1. The molecule has 0 saturated heterocycles. The summed E-state index contributed by atoms with van der Waals surface area (Å²) in [6.07, 6.45) is 6.71. The molecule has 2 rings (SSSR count). The highest BCUT2D eigenvalue weighted by Crippen LogP contribution is 2.12. The molecule has 23 heavy (non-hydrogen) atoms. The predicted molar refractivity (Wildman–Crippen MR) is 93.1 cm³/mol. The van der Waals surface area contributed by atoms with E-state index < -0.39 is 0 Å². The van der Waals surface area contributed by atoms with Crippen molar-refractivity contribution in [3.05, 3.63) is 59.7 Å². The van der Waals surface area contributed by atoms with Crippen molar-refractivity contribution in [3.8, 4) is 0 Å². The molecular weight excluding hydrogens is 288 g/mol. The van der Waals surface area contributed by atoms with Gasteiger partial charge in [-0.25, -0.2) is 0 Å². The third-order valence-corrected chi connectivity index (χ3v) is 3.64. The minimum atomic E-state index is 0.0437. The van der Waals surface area contributed by atoms with Crippen LogP contribution in [0.15, 0.2) is 54.1 Å². The molecule has 1 heterocycles. The van der Waals surface area contributed by atoms with Gasteiger partial charge in [0, 0.05) is 25.7 Å². The van der Waals surface area contributed by atoms with Crippen LogP contribution in [0.25, 0.3) is 0 Å². The molecule has 0 unspecified atom stereocenters. The third kappa shape index (κ3) is 6.38. The number of nitrogens with zero attached hydrogens (tertiary/aromatic N) is 2. The summed E-state index contributed by atoms with van der Waals surface area (Å²) in [6.45, 7) is 3.40. The first kappa shape index (κ1) is 17.4. The molecule has 0 N–H and O–H groups in total. The lowest BCUT2D eigenvalue weighted by atomic mass is 10.1. The van der Waals surface area contributed by atoms with Crippen molar-refractivity contribution in [1.29, 1.82) is 0 Å². The molecule has 1 amide bonds. The van der Waals surface area contributed by atoms with Crippen LogP contribution in [0.4, 0.5) is 0 Å². The van der Waals surface area contributed by atoms with Crippen LogP contribution < -0.4 is 0 Å². The van der Waals surface area contributed by atoms with Gasteiger partial charge in [0.25, 0.3) is 0 Å². The predicted octanol–water partition coefficient (Wildman–Crippen LogP) is 2.48. The minimum absolute atomic E-state index is 0.0437. The second-order valence-corrected chi connectivity index (χ2v) is 6.05. The van der Waals surface area contributed by atoms with E-state index in [0.29, 0.717) is 19.7 Å². The Morgan fingerprint density at radius 3 is 2.65 bits per heavy atom. The molecular formula is C19H26N2O2. The van der Waals surface area contributed by atoms with Crippen LogP contribution in [-0.4, -0.2) is 56.1 Å². The Morgan fingerprint density at radius 1 is 1.22 bits per heavy atom. The fourth-order valence-electron chi connectivity index (χ4n) is 2.45. The van der Waals surface area contributed by atoms with Gasteiger partial charge in [-0.15, -0.1) is 0 Å². The van der Waals surface area contributed by atoms with E-state index >= 15 is 0 Å². The summed E-state index contributed by atoms with van der Waals surface area (Å²) >= 11 is 0. The Morgan fingerprint density at radius 2 is 2.00 bits per heavy atom. The van der Waals surface area contributed by atoms with Crippen LogP contribution in [0.5, 0.6) is 0 Å². The summed E-state index contributed by atoms with van der Waals surface area (Å²) in [6, 6.07) is 10.1. The maximum Gasteiger partial charge on any atom is 0.246 e. The normalized spacial score (nSPS) is 15.0. The van der Waals surface area contributed by atoms with Gasteiger partial charge < -0.3 is 14.5 Å². The number of hydrogen-bond donors (Lipinski definition) is 0. The van der Waals surface area contributed by atoms with Gasteiger partial charge in [-0.3, -0.25) is 4.79 Å². The molecule has 0 spiro atoms. The van der Waals surface area contributed by atoms with Gasteiger partial charge in [-0.1, -0.05) is 42.5 Å². The van der Waals surface area contributed by atoms with E-state index in [2.05, 4.69) is 18.2 Å². The van der Waals surface area contributed by atoms with Crippen molar-refractivity contribution in [1.82, 2.24) is 9.80 Å². The summed E-state index contributed by atoms with van der Waals surface area (Å²) in [7, 11) is 3.97. The van der Waals surface area contributed by atoms with Crippen molar-refractivity contribution < 1.29 is 9.53 Å². The molecule has 0 radical (unpaired) electrons. The van der Waals surface area contributed by atoms with Crippen molar-refractivity contribution in [2.24, 2.45) is 0 Å². The molecule has 1 aromatic carbocycles. The topological polar surface area (TPSA) is 32.8 Å². The third-order valence-electron chi connectivity index (χ3n) is 3.64. The fraction of sp³-hybridized carbons (Fsp3) is 0.421. The average molecular weight is 314 g/mol. The molecule has 0 saturated carbocycles. The van der Waals surface area contributed by atoms with Gasteiger partial charge >= 0.3 is 0 Å². The number of rotatable bonds is 7. The van der Waals surface area contributed by atoms with E-state index in [-0.39, 0.29) is 5.91 Å². The maximum absolute atomic E-state index is 12.6. The summed E-state index contributed by atoms with van der Waals surface area (Å²) in [4.78, 5) is 16.5. The number of carbonyl (C=O) groups excluding carboxylic acids is 1. The largest absolute Gasteiger partial charge is 0.377 e. The Balaban J connectivity index is 2.05. The van der Waals surface area contributed by atoms with Crippen molar-refractivity contribution >= 4 is 5.91 Å². The minimum Gasteiger partial charge on any atom is -0.377 e. The lowest BCUT2D eigenvalue weighted by Crippen LogP contribution is -2.32. The molecule has 4 nitrogen and oxygen atoms in total. The van der Waals surface area contributed by atoms with E-state index in [1.165, 1.54) is 5.57 Å². The van der Waals surface area contributed by atoms with E-state index in [9.17, 15) is 4.79 Å². The fourth-order valence-corrected chi connectivity index (χ4v) is 2.45. The van der Waals surface area contributed by atoms with Crippen molar-refractivity contribution in [2.45, 2.75) is 13.0 Å². The smallest absolute Gasteiger partial charge is 0.246 e. The van der Waals surface area contributed by atoms with Crippen LogP contribution >= 0.6 is 0 Å². The van der Waals surface area contributed by atoms with E-state index in [0.717, 1.165) is 25.1 Å². The maximum atomic E-state index is 12.6. The number of carbonyl (C=O) groups is 1. The van der Waals surface area contributed by atoms with Crippen molar-refractivity contribution in [2.75, 3.05) is 40.4 Å². The molecule has 0 aromatic heterocycles. The van der Waals surface area contributed by atoms with Crippen LogP contribution in [-0.2, 0) is 16.1 Å². The highest BCUT2D eigenvalue weighted by molar-refractivity contribution is 5.87. The van der Waals surface area contributed by atoms with Crippen LogP contribution in [0.2, 0.25) is 0 Å². The summed E-state index contributed by atoms with van der Waals surface area (Å²) in [5.41, 5.74) is 2.32. The van der Waals surface area contributed by atoms with Gasteiger partial charge in [0.15, 0.2) is 0 Å². The lowest BCUT2D eigenvalue weighted by Gasteiger charge is -2.24. The highest BCUT2D eigenvalue weighted by Gasteiger charge is 2.15. The molecule has 0 atom stereocenters. The van der Waals surface area contributed by atoms with E-state index in [4.69, 9.17) is 4.74 Å². The lowest BCUT2D eigenvalue weighted by molar-refractivity contribution is -0.126. The first-order valence-electron chi connectivity index (χ1n) is 8.05. The molecule has 4 heteroatoms. The van der Waals surface area contributed by atoms with Crippen molar-refractivity contribution in [3.63, 3.8) is 0 Å². The number of hydrogen-bond acceptors (Lipinski definition) is 3. The zero-order valence-corrected chi connectivity index (χ0v) is 14.1. The number of ether oxygens (including phenoxy) is 1. The number of benzene rings is 1. The summed E-state index contributed by atoms with van der Waals surface area (Å²) in [5, 5.41) is 0. The van der Waals surface area contributed by atoms with Crippen LogP contribution in [0.3, 0.4) is 0 Å². The van der Waals surface area contributed by atoms with Gasteiger partial charge in [0.2, 0.25) is 5.91 Å². The summed E-state index contributed by atoms with van der Waals surface area (Å²) in [5.74, 6) is 0.0437. The second kappa shape index (κ2) is 9.28. The van der Waals surface area contributed by atoms with Gasteiger partial charge in [-0.2, -0.15) is 0 Å². The quantitative estimate of drug-likeness (QED) is 0.572. The first-order chi connectivity index (χ1) is 11.1. The SMILES string of the molecule is CN(C)C/C=C/C(=O)N(CC1=CCCOC1)Cc1ccccc1. The Labute approximate surface area is 139 Å². The van der Waals surface area contributed by atoms with Crippen LogP contribution in [0.1, 0.15) is 12.0 Å². The highest BCUT2D eigenvalue weighted by atomic mass is 16.5. The first-order valence-corrected chi connectivity index (χ1v) is 8.05. The van der Waals surface area contributed by atoms with Gasteiger partial charge in [0.05, 0.1) is 13.2 Å². The zero-order valence-electron chi connectivity index (χ0n) is 14.1. The molecule has 1 aromatic rings. The molecule has 0 aliphatic carbocycles. The zero-order chi connectivity index (χ0) is 16.5. The average Bonchev–Trinajstić information content (AvgIpc) is 2.56. The Kier molecular flexibility index (Phi) is 7.04. The molecule has 0 bridgehead atoms.